The van der Waals surface area contributed by atoms with E-state index in [1.54, 1.807) is 4.90 Å². The van der Waals surface area contributed by atoms with Crippen LogP contribution in [0.25, 0.3) is 0 Å². The molecule has 1 heterocycles. The SMILES string of the molecule is COCC(=O)N1CC(N)C(C)(C)C1. The van der Waals surface area contributed by atoms with E-state index in [-0.39, 0.29) is 24.0 Å². The average molecular weight is 186 g/mol. The van der Waals surface area contributed by atoms with E-state index in [0.717, 1.165) is 6.54 Å². The molecule has 1 amide bonds. The van der Waals surface area contributed by atoms with Gasteiger partial charge in [-0.2, -0.15) is 0 Å². The van der Waals surface area contributed by atoms with E-state index in [0.29, 0.717) is 6.54 Å². The fourth-order valence-electron chi connectivity index (χ4n) is 1.56. The second-order valence-corrected chi connectivity index (χ2v) is 4.30. The molecule has 0 saturated carbocycles. The number of hydrogen-bond donors (Lipinski definition) is 1. The summed E-state index contributed by atoms with van der Waals surface area (Å²) in [5.74, 6) is 0.0310. The number of methoxy groups -OCH3 is 1. The molecule has 4 heteroatoms. The van der Waals surface area contributed by atoms with Crippen molar-refractivity contribution in [3.05, 3.63) is 0 Å². The lowest BCUT2D eigenvalue weighted by atomic mass is 9.89. The normalized spacial score (nSPS) is 26.5. The van der Waals surface area contributed by atoms with Crippen molar-refractivity contribution in [2.75, 3.05) is 26.8 Å². The van der Waals surface area contributed by atoms with Gasteiger partial charge in [0.2, 0.25) is 5.91 Å². The third kappa shape index (κ3) is 2.19. The lowest BCUT2D eigenvalue weighted by Crippen LogP contribution is -2.35. The highest BCUT2D eigenvalue weighted by Gasteiger charge is 2.38. The van der Waals surface area contributed by atoms with Gasteiger partial charge in [-0.05, 0) is 5.41 Å². The summed E-state index contributed by atoms with van der Waals surface area (Å²) in [6.45, 7) is 5.70. The van der Waals surface area contributed by atoms with Gasteiger partial charge in [0.15, 0.2) is 0 Å². The van der Waals surface area contributed by atoms with E-state index in [4.69, 9.17) is 10.5 Å². The van der Waals surface area contributed by atoms with E-state index in [1.807, 2.05) is 0 Å². The Bertz CT molecular complexity index is 204. The molecule has 1 saturated heterocycles. The standard InChI is InChI=1S/C9H18N2O2/c1-9(2)6-11(4-7(9)10)8(12)5-13-3/h7H,4-6,10H2,1-3H3. The van der Waals surface area contributed by atoms with E-state index in [1.165, 1.54) is 7.11 Å². The Balaban J connectivity index is 2.53. The molecule has 1 aliphatic heterocycles. The van der Waals surface area contributed by atoms with Crippen LogP contribution in [0.4, 0.5) is 0 Å². The number of amides is 1. The summed E-state index contributed by atoms with van der Waals surface area (Å²) >= 11 is 0. The minimum Gasteiger partial charge on any atom is -0.375 e. The first kappa shape index (κ1) is 10.5. The maximum absolute atomic E-state index is 11.4. The molecular formula is C9H18N2O2. The molecule has 4 nitrogen and oxygen atoms in total. The molecular weight excluding hydrogens is 168 g/mol. The van der Waals surface area contributed by atoms with Gasteiger partial charge in [-0.15, -0.1) is 0 Å². The highest BCUT2D eigenvalue weighted by molar-refractivity contribution is 5.77. The number of hydrogen-bond acceptors (Lipinski definition) is 3. The first-order valence-electron chi connectivity index (χ1n) is 4.49. The van der Waals surface area contributed by atoms with Gasteiger partial charge in [-0.25, -0.2) is 0 Å². The van der Waals surface area contributed by atoms with Crippen molar-refractivity contribution >= 4 is 5.91 Å². The third-order valence-electron chi connectivity index (χ3n) is 2.64. The molecule has 0 aromatic rings. The number of nitrogens with two attached hydrogens (primary N) is 1. The quantitative estimate of drug-likeness (QED) is 0.651. The topological polar surface area (TPSA) is 55.6 Å². The van der Waals surface area contributed by atoms with Crippen LogP contribution < -0.4 is 5.73 Å². The van der Waals surface area contributed by atoms with Crippen molar-refractivity contribution in [1.82, 2.24) is 4.90 Å². The van der Waals surface area contributed by atoms with Gasteiger partial charge >= 0.3 is 0 Å². The molecule has 76 valence electrons. The van der Waals surface area contributed by atoms with Crippen molar-refractivity contribution in [1.29, 1.82) is 0 Å². The molecule has 13 heavy (non-hydrogen) atoms. The fraction of sp³-hybridized carbons (Fsp3) is 0.889. The highest BCUT2D eigenvalue weighted by atomic mass is 16.5. The number of ether oxygens (including phenoxy) is 1. The Hall–Kier alpha value is -0.610. The van der Waals surface area contributed by atoms with Crippen molar-refractivity contribution < 1.29 is 9.53 Å². The molecule has 0 aromatic heterocycles. The lowest BCUT2D eigenvalue weighted by Gasteiger charge is -2.21. The predicted molar refractivity (Wildman–Crippen MR) is 50.2 cm³/mol. The Morgan fingerprint density at radius 2 is 2.31 bits per heavy atom. The Morgan fingerprint density at radius 1 is 1.69 bits per heavy atom. The molecule has 2 N–H and O–H groups in total. The van der Waals surface area contributed by atoms with E-state index in [2.05, 4.69) is 13.8 Å². The monoisotopic (exact) mass is 186 g/mol. The van der Waals surface area contributed by atoms with Crippen LogP contribution in [0.2, 0.25) is 0 Å². The Kier molecular flexibility index (Phi) is 2.93. The summed E-state index contributed by atoms with van der Waals surface area (Å²) in [6.07, 6.45) is 0. The van der Waals surface area contributed by atoms with Crippen LogP contribution in [0.1, 0.15) is 13.8 Å². The van der Waals surface area contributed by atoms with Crippen LogP contribution in [0.15, 0.2) is 0 Å². The van der Waals surface area contributed by atoms with E-state index < -0.39 is 0 Å². The molecule has 1 fully saturated rings. The smallest absolute Gasteiger partial charge is 0.248 e. The van der Waals surface area contributed by atoms with Crippen LogP contribution in [-0.2, 0) is 9.53 Å². The summed E-state index contributed by atoms with van der Waals surface area (Å²) in [4.78, 5) is 13.2. The zero-order chi connectivity index (χ0) is 10.1. The number of likely N-dealkylation sites (tertiary alicyclic amines) is 1. The zero-order valence-corrected chi connectivity index (χ0v) is 8.54. The maximum Gasteiger partial charge on any atom is 0.248 e. The first-order valence-corrected chi connectivity index (χ1v) is 4.49. The Morgan fingerprint density at radius 3 is 2.69 bits per heavy atom. The highest BCUT2D eigenvalue weighted by Crippen LogP contribution is 2.27. The van der Waals surface area contributed by atoms with Crippen LogP contribution in [0, 0.1) is 5.41 Å². The van der Waals surface area contributed by atoms with Gasteiger partial charge < -0.3 is 15.4 Å². The van der Waals surface area contributed by atoms with Crippen molar-refractivity contribution in [3.8, 4) is 0 Å². The van der Waals surface area contributed by atoms with Crippen LogP contribution in [-0.4, -0.2) is 43.7 Å². The van der Waals surface area contributed by atoms with Crippen molar-refractivity contribution in [2.45, 2.75) is 19.9 Å². The Labute approximate surface area is 79.0 Å². The van der Waals surface area contributed by atoms with Gasteiger partial charge in [0, 0.05) is 26.2 Å². The zero-order valence-electron chi connectivity index (χ0n) is 8.54. The number of nitrogens with zero attached hydrogens (tertiary/aromatic N) is 1. The minimum absolute atomic E-state index is 0.0310. The van der Waals surface area contributed by atoms with Gasteiger partial charge in [-0.3, -0.25) is 4.79 Å². The largest absolute Gasteiger partial charge is 0.375 e. The number of carbonyl (C=O) groups excluding carboxylic acids is 1. The molecule has 0 aromatic carbocycles. The van der Waals surface area contributed by atoms with Crippen LogP contribution >= 0.6 is 0 Å². The predicted octanol–water partition coefficient (Wildman–Crippen LogP) is -0.171. The second-order valence-electron chi connectivity index (χ2n) is 4.30. The maximum atomic E-state index is 11.4. The summed E-state index contributed by atoms with van der Waals surface area (Å²) in [5, 5.41) is 0. The van der Waals surface area contributed by atoms with Gasteiger partial charge in [0.1, 0.15) is 6.61 Å². The van der Waals surface area contributed by atoms with Crippen molar-refractivity contribution in [3.63, 3.8) is 0 Å². The third-order valence-corrected chi connectivity index (χ3v) is 2.64. The molecule has 0 spiro atoms. The van der Waals surface area contributed by atoms with Crippen molar-refractivity contribution in [2.24, 2.45) is 11.1 Å². The van der Waals surface area contributed by atoms with E-state index in [9.17, 15) is 4.79 Å². The average Bonchev–Trinajstić information content (AvgIpc) is 2.27. The molecule has 1 rings (SSSR count). The molecule has 0 aliphatic carbocycles. The number of rotatable bonds is 2. The van der Waals surface area contributed by atoms with Crippen LogP contribution in [0.5, 0.6) is 0 Å². The van der Waals surface area contributed by atoms with Crippen LogP contribution in [0.3, 0.4) is 0 Å². The fourth-order valence-corrected chi connectivity index (χ4v) is 1.56. The summed E-state index contributed by atoms with van der Waals surface area (Å²) < 4.78 is 4.79. The summed E-state index contributed by atoms with van der Waals surface area (Å²) in [7, 11) is 1.53. The summed E-state index contributed by atoms with van der Waals surface area (Å²) in [5.41, 5.74) is 5.93. The van der Waals surface area contributed by atoms with E-state index >= 15 is 0 Å². The molecule has 1 unspecified atom stereocenters. The lowest BCUT2D eigenvalue weighted by molar-refractivity contribution is -0.134. The van der Waals surface area contributed by atoms with Gasteiger partial charge in [0.25, 0.3) is 0 Å². The molecule has 1 atom stereocenters. The molecule has 0 radical (unpaired) electrons. The first-order chi connectivity index (χ1) is 5.97. The van der Waals surface area contributed by atoms with Gasteiger partial charge in [0.05, 0.1) is 0 Å². The second kappa shape index (κ2) is 3.64. The molecule has 0 bridgehead atoms. The minimum atomic E-state index is 0.0310. The molecule has 1 aliphatic rings. The summed E-state index contributed by atoms with van der Waals surface area (Å²) in [6, 6.07) is 0.0771. The van der Waals surface area contributed by atoms with Gasteiger partial charge in [-0.1, -0.05) is 13.8 Å². The number of carbonyl (C=O) groups is 1.